The maximum Gasteiger partial charge on any atom is 0.248 e. The minimum absolute atomic E-state index is 0.146. The van der Waals surface area contributed by atoms with Crippen LogP contribution in [0, 0.1) is 17.8 Å². The molecule has 3 aliphatic rings. The maximum absolute atomic E-state index is 14.1. The Morgan fingerprint density at radius 1 is 1.16 bits per heavy atom. The van der Waals surface area contributed by atoms with Crippen molar-refractivity contribution < 1.29 is 19.5 Å². The Labute approximate surface area is 224 Å². The van der Waals surface area contributed by atoms with Gasteiger partial charge in [0.2, 0.25) is 17.7 Å². The summed E-state index contributed by atoms with van der Waals surface area (Å²) in [6, 6.07) is 6.54. The lowest BCUT2D eigenvalue weighted by Crippen LogP contribution is -2.55. The highest BCUT2D eigenvalue weighted by atomic mass is 32.2. The highest BCUT2D eigenvalue weighted by Crippen LogP contribution is 2.71. The number of nitrogens with zero attached hydrogens (tertiary/aromatic N) is 2. The van der Waals surface area contributed by atoms with E-state index >= 15 is 0 Å². The molecule has 0 radical (unpaired) electrons. The normalized spacial score (nSPS) is 31.0. The summed E-state index contributed by atoms with van der Waals surface area (Å²) >= 11 is 1.64. The summed E-state index contributed by atoms with van der Waals surface area (Å²) in [6.07, 6.45) is 2.04. The molecule has 37 heavy (non-hydrogen) atoms. The number of carbonyl (C=O) groups excluding carboxylic acids is 3. The van der Waals surface area contributed by atoms with Crippen molar-refractivity contribution in [2.75, 3.05) is 37.0 Å². The van der Waals surface area contributed by atoms with Crippen molar-refractivity contribution in [3.8, 4) is 0 Å². The Hall–Kier alpha value is -2.26. The van der Waals surface area contributed by atoms with Crippen molar-refractivity contribution in [2.24, 2.45) is 17.8 Å². The second-order valence-electron chi connectivity index (χ2n) is 11.3. The zero-order valence-corrected chi connectivity index (χ0v) is 23.7. The van der Waals surface area contributed by atoms with Crippen molar-refractivity contribution >= 4 is 40.9 Å². The van der Waals surface area contributed by atoms with Gasteiger partial charge < -0.3 is 25.5 Å². The first kappa shape index (κ1) is 27.8. The molecule has 1 aromatic carbocycles. The number of anilines is 2. The van der Waals surface area contributed by atoms with Crippen LogP contribution >= 0.6 is 11.8 Å². The summed E-state index contributed by atoms with van der Waals surface area (Å²) in [4.78, 5) is 45.1. The fourth-order valence-electron chi connectivity index (χ4n) is 6.99. The monoisotopic (exact) mass is 530 g/mol. The molecule has 3 amide bonds. The number of aliphatic hydroxyl groups is 1. The third-order valence-corrected chi connectivity index (χ3v) is 10.6. The second kappa shape index (κ2) is 10.5. The molecule has 0 aliphatic carbocycles. The van der Waals surface area contributed by atoms with Gasteiger partial charge in [-0.05, 0) is 70.2 Å². The van der Waals surface area contributed by atoms with E-state index in [4.69, 9.17) is 0 Å². The summed E-state index contributed by atoms with van der Waals surface area (Å²) in [5, 5.41) is 16.2. The van der Waals surface area contributed by atoms with E-state index in [0.717, 1.165) is 25.2 Å². The van der Waals surface area contributed by atoms with E-state index < -0.39 is 33.4 Å². The molecule has 1 spiro atoms. The number of thioether (sulfide) groups is 1. The van der Waals surface area contributed by atoms with Gasteiger partial charge in [-0.2, -0.15) is 0 Å². The molecular formula is C28H42N4O4S. The highest BCUT2D eigenvalue weighted by Gasteiger charge is 2.77. The van der Waals surface area contributed by atoms with E-state index in [0.29, 0.717) is 18.5 Å². The average molecular weight is 531 g/mol. The van der Waals surface area contributed by atoms with E-state index in [1.165, 1.54) is 0 Å². The molecule has 3 N–H and O–H groups in total. The second-order valence-corrected chi connectivity index (χ2v) is 13.2. The van der Waals surface area contributed by atoms with Crippen LogP contribution in [0.15, 0.2) is 24.3 Å². The van der Waals surface area contributed by atoms with Crippen molar-refractivity contribution in [1.82, 2.24) is 10.2 Å². The first-order chi connectivity index (χ1) is 17.6. The molecule has 3 aliphatic heterocycles. The summed E-state index contributed by atoms with van der Waals surface area (Å²) in [7, 11) is 1.60. The molecular weight excluding hydrogens is 488 g/mol. The van der Waals surface area contributed by atoms with Gasteiger partial charge in [-0.15, -0.1) is 11.8 Å². The molecule has 4 rings (SSSR count). The first-order valence-corrected chi connectivity index (χ1v) is 14.4. The molecule has 0 saturated carbocycles. The molecule has 6 atom stereocenters. The van der Waals surface area contributed by atoms with Crippen LogP contribution in [-0.4, -0.2) is 76.0 Å². The number of fused-ring (bicyclic) bond motifs is 1. The van der Waals surface area contributed by atoms with Crippen LogP contribution in [-0.2, 0) is 14.4 Å². The van der Waals surface area contributed by atoms with Crippen molar-refractivity contribution in [3.63, 3.8) is 0 Å². The van der Waals surface area contributed by atoms with Crippen LogP contribution in [0.25, 0.3) is 0 Å². The Bertz CT molecular complexity index is 1030. The fourth-order valence-corrected chi connectivity index (χ4v) is 9.33. The lowest BCUT2D eigenvalue weighted by molar-refractivity contribution is -0.142. The number of carbonyl (C=O) groups is 3. The summed E-state index contributed by atoms with van der Waals surface area (Å²) in [6.45, 7) is 11.9. The maximum atomic E-state index is 14.1. The molecule has 3 heterocycles. The van der Waals surface area contributed by atoms with Gasteiger partial charge in [-0.25, -0.2) is 0 Å². The lowest BCUT2D eigenvalue weighted by Gasteiger charge is -2.37. The smallest absolute Gasteiger partial charge is 0.248 e. The zero-order valence-electron chi connectivity index (χ0n) is 22.9. The average Bonchev–Trinajstić information content (AvgIpc) is 3.44. The van der Waals surface area contributed by atoms with Crippen molar-refractivity contribution in [3.05, 3.63) is 24.3 Å². The SMILES string of the molecule is CCN(CC)c1ccc(NC(=O)C2N([C@@H](CO)CC(C)C)C(=O)[C@@H]3[C@@H](C(=O)NC)[C@@]4(C)CCC23S4)cc1. The molecule has 204 valence electrons. The van der Waals surface area contributed by atoms with Crippen LogP contribution < -0.4 is 15.5 Å². The first-order valence-electron chi connectivity index (χ1n) is 13.6. The number of hydrogen-bond donors (Lipinski definition) is 3. The van der Waals surface area contributed by atoms with Gasteiger partial charge in [0.15, 0.2) is 0 Å². The van der Waals surface area contributed by atoms with Gasteiger partial charge in [0.1, 0.15) is 6.04 Å². The van der Waals surface area contributed by atoms with E-state index in [2.05, 4.69) is 36.3 Å². The summed E-state index contributed by atoms with van der Waals surface area (Å²) in [5.74, 6) is -1.43. The Morgan fingerprint density at radius 3 is 2.35 bits per heavy atom. The molecule has 2 unspecified atom stereocenters. The van der Waals surface area contributed by atoms with Crippen LogP contribution in [0.2, 0.25) is 0 Å². The minimum atomic E-state index is -0.759. The quantitative estimate of drug-likeness (QED) is 0.430. The largest absolute Gasteiger partial charge is 0.394 e. The molecule has 2 bridgehead atoms. The number of nitrogens with one attached hydrogen (secondary N) is 2. The topological polar surface area (TPSA) is 102 Å². The predicted octanol–water partition coefficient (Wildman–Crippen LogP) is 3.11. The van der Waals surface area contributed by atoms with Gasteiger partial charge in [-0.3, -0.25) is 14.4 Å². The van der Waals surface area contributed by atoms with Gasteiger partial charge in [0.25, 0.3) is 0 Å². The van der Waals surface area contributed by atoms with Gasteiger partial charge >= 0.3 is 0 Å². The standard InChI is InChI=1S/C28H42N4O4S/c1-7-31(8-2)19-11-9-18(10-12-19)30-25(35)23-28-14-13-27(5,37-28)21(24(34)29-6)22(28)26(36)32(23)20(16-33)15-17(3)4/h9-12,17,20-23,33H,7-8,13-16H2,1-6H3,(H,29,34)(H,30,35)/t20-,21+,22+,23?,27-,28?/m1/s1. The number of aliphatic hydroxyl groups excluding tert-OH is 1. The number of hydrogen-bond acceptors (Lipinski definition) is 6. The Balaban J connectivity index is 1.71. The number of likely N-dealkylation sites (tertiary alicyclic amines) is 1. The predicted molar refractivity (Wildman–Crippen MR) is 149 cm³/mol. The molecule has 1 aromatic rings. The Morgan fingerprint density at radius 2 is 1.81 bits per heavy atom. The van der Waals surface area contributed by atoms with E-state index in [-0.39, 0.29) is 30.2 Å². The van der Waals surface area contributed by atoms with Crippen molar-refractivity contribution in [1.29, 1.82) is 0 Å². The highest BCUT2D eigenvalue weighted by molar-refractivity contribution is 8.02. The van der Waals surface area contributed by atoms with E-state index in [1.807, 2.05) is 38.1 Å². The Kier molecular flexibility index (Phi) is 7.87. The molecule has 3 fully saturated rings. The van der Waals surface area contributed by atoms with E-state index in [9.17, 15) is 19.5 Å². The van der Waals surface area contributed by atoms with Crippen LogP contribution in [0.5, 0.6) is 0 Å². The fraction of sp³-hybridized carbons (Fsp3) is 0.679. The molecule has 9 heteroatoms. The zero-order chi connectivity index (χ0) is 27.1. The summed E-state index contributed by atoms with van der Waals surface area (Å²) in [5.41, 5.74) is 1.76. The molecule has 0 aromatic heterocycles. The van der Waals surface area contributed by atoms with Gasteiger partial charge in [-0.1, -0.05) is 13.8 Å². The minimum Gasteiger partial charge on any atom is -0.394 e. The summed E-state index contributed by atoms with van der Waals surface area (Å²) < 4.78 is -1.10. The third-order valence-electron chi connectivity index (χ3n) is 8.60. The van der Waals surface area contributed by atoms with Crippen LogP contribution in [0.1, 0.15) is 53.9 Å². The molecule has 8 nitrogen and oxygen atoms in total. The number of benzene rings is 1. The third kappa shape index (κ3) is 4.52. The van der Waals surface area contributed by atoms with Gasteiger partial charge in [0, 0.05) is 36.3 Å². The van der Waals surface area contributed by atoms with Gasteiger partial charge in [0.05, 0.1) is 29.2 Å². The lowest BCUT2D eigenvalue weighted by atomic mass is 9.66. The number of amides is 3. The van der Waals surface area contributed by atoms with Crippen molar-refractivity contribution in [2.45, 2.75) is 75.5 Å². The van der Waals surface area contributed by atoms with Crippen LogP contribution in [0.3, 0.4) is 0 Å². The molecule has 3 saturated heterocycles. The number of rotatable bonds is 10. The van der Waals surface area contributed by atoms with Crippen LogP contribution in [0.4, 0.5) is 11.4 Å². The van der Waals surface area contributed by atoms with E-state index in [1.54, 1.807) is 23.7 Å².